The molecule has 0 saturated carbocycles. The van der Waals surface area contributed by atoms with Gasteiger partial charge in [0.1, 0.15) is 41.3 Å². The minimum Gasteiger partial charge on any atom is -0.508 e. The Bertz CT molecular complexity index is 1750. The lowest BCUT2D eigenvalue weighted by Gasteiger charge is -2.34. The smallest absolute Gasteiger partial charge is 0.319 e. The molecule has 8 heterocycles. The molecule has 46 heavy (non-hydrogen) atoms. The molecule has 9 nitrogen and oxygen atoms in total. The fourth-order valence-electron chi connectivity index (χ4n) is 8.15. The molecule has 0 amide bonds. The fourth-order valence-corrected chi connectivity index (χ4v) is 8.46. The van der Waals surface area contributed by atoms with E-state index < -0.39 is 17.5 Å². The molecule has 2 aromatic heterocycles. The van der Waals surface area contributed by atoms with E-state index in [1.165, 1.54) is 12.1 Å². The lowest BCUT2D eigenvalue weighted by atomic mass is 9.91. The summed E-state index contributed by atoms with van der Waals surface area (Å²) in [6.45, 7) is 2.95. The zero-order chi connectivity index (χ0) is 31.4. The summed E-state index contributed by atoms with van der Waals surface area (Å²) in [7, 11) is 0. The predicted molar refractivity (Wildman–Crippen MR) is 172 cm³/mol. The minimum atomic E-state index is -0.890. The Morgan fingerprint density at radius 3 is 2.96 bits per heavy atom. The quantitative estimate of drug-likeness (QED) is 0.333. The maximum atomic E-state index is 16.8. The number of aromatic nitrogens is 3. The van der Waals surface area contributed by atoms with E-state index in [1.807, 2.05) is 0 Å². The monoisotopic (exact) mass is 650 g/mol. The number of ether oxygens (including phenoxy) is 1. The van der Waals surface area contributed by atoms with Crippen LogP contribution in [-0.2, 0) is 11.3 Å². The Morgan fingerprint density at radius 1 is 1.13 bits per heavy atom. The standard InChI is InChI=1S/C34H37ClF2N6O3/c35-28-14-23(44)13-26-25(28)8-7-24-6-1-5-22(41-46-24)12-20-4-2-10-42(17-20)32-27-16-38-30(26)29(37)31(27)39-33(40-32)45-19-34-9-3-11-43(34)18-21(36)15-34/h6,13-14,16,20-21,44H,1-5,7-12,15,17-19H2/t20?,21-,34+/m1/s1. The summed E-state index contributed by atoms with van der Waals surface area (Å²) in [4.78, 5) is 24.4. The molecule has 1 unspecified atom stereocenters. The normalized spacial score (nSPS) is 26.4. The summed E-state index contributed by atoms with van der Waals surface area (Å²) in [6, 6.07) is 3.01. The first-order valence-electron chi connectivity index (χ1n) is 16.4. The van der Waals surface area contributed by atoms with Gasteiger partial charge in [0.05, 0.1) is 16.6 Å². The maximum Gasteiger partial charge on any atom is 0.319 e. The first-order valence-corrected chi connectivity index (χ1v) is 16.8. The van der Waals surface area contributed by atoms with E-state index >= 15 is 4.39 Å². The van der Waals surface area contributed by atoms with E-state index in [2.05, 4.69) is 31.0 Å². The van der Waals surface area contributed by atoms with Gasteiger partial charge in [-0.05, 0) is 87.6 Å². The SMILES string of the molecule is Oc1cc(Cl)c2c(c1)-c1ncc3c(nc(OC[C@@]45CCCN4C[C@H](F)C5)nc3c1F)N1CCCC(CC3=NOC(=CCC3)CC2)C1. The molecule has 12 heteroatoms. The Kier molecular flexibility index (Phi) is 7.71. The van der Waals surface area contributed by atoms with Crippen molar-refractivity contribution in [3.05, 3.63) is 46.6 Å². The van der Waals surface area contributed by atoms with Crippen molar-refractivity contribution < 1.29 is 23.5 Å². The number of pyridine rings is 1. The van der Waals surface area contributed by atoms with Gasteiger partial charge >= 0.3 is 6.01 Å². The summed E-state index contributed by atoms with van der Waals surface area (Å²) in [6.07, 6.45) is 10.4. The highest BCUT2D eigenvalue weighted by Crippen LogP contribution is 2.42. The van der Waals surface area contributed by atoms with E-state index in [9.17, 15) is 9.50 Å². The van der Waals surface area contributed by atoms with Crippen LogP contribution in [0.1, 0.15) is 63.4 Å². The van der Waals surface area contributed by atoms with Gasteiger partial charge in [-0.25, -0.2) is 8.78 Å². The second kappa shape index (κ2) is 11.9. The molecule has 8 bridgehead atoms. The third-order valence-electron chi connectivity index (χ3n) is 10.4. The number of aromatic hydroxyl groups is 1. The highest BCUT2D eigenvalue weighted by molar-refractivity contribution is 6.32. The molecule has 9 rings (SSSR count). The van der Waals surface area contributed by atoms with Crippen molar-refractivity contribution in [2.75, 3.05) is 37.7 Å². The Balaban J connectivity index is 1.26. The van der Waals surface area contributed by atoms with E-state index in [1.54, 1.807) is 6.20 Å². The zero-order valence-electron chi connectivity index (χ0n) is 25.7. The van der Waals surface area contributed by atoms with Crippen molar-refractivity contribution in [2.24, 2.45) is 11.1 Å². The highest BCUT2D eigenvalue weighted by atomic mass is 35.5. The predicted octanol–water partition coefficient (Wildman–Crippen LogP) is 6.75. The number of anilines is 1. The van der Waals surface area contributed by atoms with Gasteiger partial charge in [-0.3, -0.25) is 9.88 Å². The molecule has 242 valence electrons. The molecule has 3 atom stereocenters. The van der Waals surface area contributed by atoms with Crippen LogP contribution in [0.2, 0.25) is 5.02 Å². The maximum absolute atomic E-state index is 16.8. The second-order valence-electron chi connectivity index (χ2n) is 13.4. The first-order chi connectivity index (χ1) is 22.3. The van der Waals surface area contributed by atoms with Gasteiger partial charge in [0, 0.05) is 49.3 Å². The number of phenolic OH excluding ortho intramolecular Hbond substituents is 1. The fraction of sp³-hybridized carbons (Fsp3) is 0.529. The van der Waals surface area contributed by atoms with Crippen LogP contribution < -0.4 is 9.64 Å². The number of oxime groups is 1. The molecule has 1 N–H and O–H groups in total. The van der Waals surface area contributed by atoms with Gasteiger partial charge in [0.15, 0.2) is 5.82 Å². The van der Waals surface area contributed by atoms with Crippen molar-refractivity contribution in [1.29, 1.82) is 0 Å². The average molecular weight is 651 g/mol. The van der Waals surface area contributed by atoms with Crippen LogP contribution in [0.3, 0.4) is 0 Å². The summed E-state index contributed by atoms with van der Waals surface area (Å²) in [5.41, 5.74) is 1.77. The first kappa shape index (κ1) is 29.8. The highest BCUT2D eigenvalue weighted by Gasteiger charge is 2.49. The molecular formula is C34H37ClF2N6O3. The van der Waals surface area contributed by atoms with Gasteiger partial charge in [-0.15, -0.1) is 0 Å². The second-order valence-corrected chi connectivity index (χ2v) is 13.9. The molecule has 3 saturated heterocycles. The van der Waals surface area contributed by atoms with Crippen LogP contribution in [0.15, 0.2) is 35.3 Å². The zero-order valence-corrected chi connectivity index (χ0v) is 26.4. The molecule has 0 aliphatic carbocycles. The number of rotatable bonds is 3. The van der Waals surface area contributed by atoms with Gasteiger partial charge in [-0.2, -0.15) is 9.97 Å². The Hall–Kier alpha value is -3.57. The summed E-state index contributed by atoms with van der Waals surface area (Å²) in [5, 5.41) is 15.9. The van der Waals surface area contributed by atoms with Crippen molar-refractivity contribution in [2.45, 2.75) is 75.9 Å². The molecule has 0 spiro atoms. The number of piperidine rings is 1. The Labute approximate surface area is 271 Å². The topological polar surface area (TPSA) is 96.2 Å². The number of benzene rings is 1. The number of hydrogen-bond acceptors (Lipinski definition) is 9. The van der Waals surface area contributed by atoms with Crippen molar-refractivity contribution in [1.82, 2.24) is 19.9 Å². The van der Waals surface area contributed by atoms with Crippen LogP contribution in [-0.4, -0.2) is 75.2 Å². The minimum absolute atomic E-state index is 0.0319. The number of phenols is 1. The third kappa shape index (κ3) is 5.45. The van der Waals surface area contributed by atoms with Gasteiger partial charge in [-0.1, -0.05) is 16.8 Å². The molecule has 3 aromatic rings. The van der Waals surface area contributed by atoms with Crippen molar-refractivity contribution in [3.8, 4) is 23.0 Å². The molecule has 0 radical (unpaired) electrons. The summed E-state index contributed by atoms with van der Waals surface area (Å²) < 4.78 is 37.6. The van der Waals surface area contributed by atoms with Crippen LogP contribution in [0.4, 0.5) is 14.6 Å². The third-order valence-corrected chi connectivity index (χ3v) is 10.7. The lowest BCUT2D eigenvalue weighted by Crippen LogP contribution is -2.43. The molecule has 6 aliphatic rings. The average Bonchev–Trinajstić information content (AvgIpc) is 3.47. The summed E-state index contributed by atoms with van der Waals surface area (Å²) >= 11 is 6.67. The van der Waals surface area contributed by atoms with Crippen molar-refractivity contribution >= 4 is 34.0 Å². The van der Waals surface area contributed by atoms with Crippen LogP contribution >= 0.6 is 11.6 Å². The number of allylic oxidation sites excluding steroid dienone is 2. The number of hydrogen-bond donors (Lipinski definition) is 1. The number of alkyl halides is 1. The lowest BCUT2D eigenvalue weighted by molar-refractivity contribution is 0.107. The molecule has 6 aliphatic heterocycles. The molecule has 1 aromatic carbocycles. The Morgan fingerprint density at radius 2 is 2.04 bits per heavy atom. The van der Waals surface area contributed by atoms with Crippen molar-refractivity contribution in [3.63, 3.8) is 0 Å². The van der Waals surface area contributed by atoms with Gasteiger partial charge in [0.25, 0.3) is 0 Å². The van der Waals surface area contributed by atoms with Gasteiger partial charge in [0.2, 0.25) is 0 Å². The number of halogens is 3. The van der Waals surface area contributed by atoms with E-state index in [4.69, 9.17) is 26.2 Å². The number of nitrogens with zero attached hydrogens (tertiary/aromatic N) is 6. The van der Waals surface area contributed by atoms with Crippen LogP contribution in [0.25, 0.3) is 22.2 Å². The van der Waals surface area contributed by atoms with Crippen LogP contribution in [0, 0.1) is 11.7 Å². The van der Waals surface area contributed by atoms with E-state index in [-0.39, 0.29) is 29.6 Å². The van der Waals surface area contributed by atoms with Gasteiger partial charge < -0.3 is 19.6 Å². The molecular weight excluding hydrogens is 614 g/mol. The van der Waals surface area contributed by atoms with Crippen LogP contribution in [0.5, 0.6) is 11.8 Å². The largest absolute Gasteiger partial charge is 0.508 e. The molecule has 3 fully saturated rings. The number of fused-ring (bicyclic) bond motifs is 3. The van der Waals surface area contributed by atoms with E-state index in [0.29, 0.717) is 65.6 Å². The summed E-state index contributed by atoms with van der Waals surface area (Å²) in [5.74, 6) is 0.891. The van der Waals surface area contributed by atoms with E-state index in [0.717, 1.165) is 69.5 Å².